The maximum Gasteiger partial charge on any atom is 0.0214 e. The van der Waals surface area contributed by atoms with Gasteiger partial charge in [0.05, 0.1) is 0 Å². The van der Waals surface area contributed by atoms with Gasteiger partial charge in [-0.3, -0.25) is 0 Å². The van der Waals surface area contributed by atoms with Gasteiger partial charge in [-0.2, -0.15) is 0 Å². The largest absolute Gasteiger partial charge is 0.326 e. The Kier molecular flexibility index (Phi) is 3.15. The Bertz CT molecular complexity index is 73.5. The first-order valence-electron chi connectivity index (χ1n) is 3.38. The van der Waals surface area contributed by atoms with Crippen LogP contribution < -0.4 is 11.1 Å². The van der Waals surface area contributed by atoms with Crippen LogP contribution >= 0.6 is 0 Å². The van der Waals surface area contributed by atoms with E-state index in [1.807, 2.05) is 7.05 Å². The molecule has 0 heterocycles. The molecule has 0 aliphatic carbocycles. The van der Waals surface area contributed by atoms with Gasteiger partial charge in [0.15, 0.2) is 0 Å². The molecule has 56 valence electrons. The number of likely N-dealkylation sites (N-methyl/N-ethyl adjacent to an activating group) is 1. The summed E-state index contributed by atoms with van der Waals surface area (Å²) in [6, 6.07) is 0.252. The van der Waals surface area contributed by atoms with Crippen LogP contribution in [-0.4, -0.2) is 19.6 Å². The van der Waals surface area contributed by atoms with Crippen molar-refractivity contribution in [3.8, 4) is 0 Å². The molecule has 0 aromatic heterocycles. The third kappa shape index (κ3) is 3.49. The van der Waals surface area contributed by atoms with E-state index >= 15 is 0 Å². The van der Waals surface area contributed by atoms with E-state index in [4.69, 9.17) is 5.73 Å². The van der Waals surface area contributed by atoms with Crippen molar-refractivity contribution in [1.29, 1.82) is 0 Å². The Morgan fingerprint density at radius 2 is 1.89 bits per heavy atom. The van der Waals surface area contributed by atoms with Gasteiger partial charge in [0.25, 0.3) is 0 Å². The predicted molar refractivity (Wildman–Crippen MR) is 41.4 cm³/mol. The van der Waals surface area contributed by atoms with Gasteiger partial charge in [0, 0.05) is 12.6 Å². The molecule has 2 nitrogen and oxygen atoms in total. The van der Waals surface area contributed by atoms with Gasteiger partial charge in [0.2, 0.25) is 0 Å². The summed E-state index contributed by atoms with van der Waals surface area (Å²) in [5, 5.41) is 3.05. The van der Waals surface area contributed by atoms with Gasteiger partial charge < -0.3 is 11.1 Å². The average molecular weight is 130 g/mol. The molecular formula is C7H18N2. The normalized spacial score (nSPS) is 15.7. The first-order chi connectivity index (χ1) is 3.98. The van der Waals surface area contributed by atoms with E-state index in [9.17, 15) is 0 Å². The zero-order valence-corrected chi connectivity index (χ0v) is 6.86. The minimum atomic E-state index is 0.225. The summed E-state index contributed by atoms with van der Waals surface area (Å²) in [6.07, 6.45) is 0. The molecule has 2 heteroatoms. The number of hydrogen-bond acceptors (Lipinski definition) is 2. The minimum Gasteiger partial charge on any atom is -0.326 e. The molecular weight excluding hydrogens is 112 g/mol. The molecule has 0 fully saturated rings. The number of nitrogens with one attached hydrogen (secondary N) is 1. The zero-order chi connectivity index (χ0) is 7.49. The molecule has 1 atom stereocenters. The molecule has 0 unspecified atom stereocenters. The first-order valence-corrected chi connectivity index (χ1v) is 3.38. The predicted octanol–water partition coefficient (Wildman–Crippen LogP) is 0.579. The van der Waals surface area contributed by atoms with E-state index in [0.717, 1.165) is 6.54 Å². The molecule has 0 amide bonds. The van der Waals surface area contributed by atoms with Crippen molar-refractivity contribution < 1.29 is 0 Å². The number of hydrogen-bond donors (Lipinski definition) is 2. The Morgan fingerprint density at radius 3 is 2.00 bits per heavy atom. The van der Waals surface area contributed by atoms with Crippen LogP contribution in [0.5, 0.6) is 0 Å². The topological polar surface area (TPSA) is 38.0 Å². The molecule has 0 saturated carbocycles. The van der Waals surface area contributed by atoms with Crippen molar-refractivity contribution in [1.82, 2.24) is 5.32 Å². The van der Waals surface area contributed by atoms with Crippen LogP contribution in [0.1, 0.15) is 20.8 Å². The summed E-state index contributed by atoms with van der Waals surface area (Å²) < 4.78 is 0. The Morgan fingerprint density at radius 1 is 1.44 bits per heavy atom. The monoisotopic (exact) mass is 130 g/mol. The Hall–Kier alpha value is -0.0800. The second-order valence-corrected chi connectivity index (χ2v) is 3.53. The van der Waals surface area contributed by atoms with E-state index in [1.165, 1.54) is 0 Å². The molecule has 0 saturated heterocycles. The molecule has 0 aliphatic rings. The van der Waals surface area contributed by atoms with Crippen LogP contribution in [0.3, 0.4) is 0 Å². The highest BCUT2D eigenvalue weighted by Crippen LogP contribution is 2.15. The highest BCUT2D eigenvalue weighted by molar-refractivity contribution is 4.77. The second-order valence-electron chi connectivity index (χ2n) is 3.53. The fourth-order valence-corrected chi connectivity index (χ4v) is 0.526. The third-order valence-electron chi connectivity index (χ3n) is 1.54. The molecule has 0 spiro atoms. The third-order valence-corrected chi connectivity index (χ3v) is 1.54. The van der Waals surface area contributed by atoms with Crippen LogP contribution in [-0.2, 0) is 0 Å². The van der Waals surface area contributed by atoms with Crippen LogP contribution in [0.2, 0.25) is 0 Å². The fraction of sp³-hybridized carbons (Fsp3) is 1.00. The standard InChI is InChI=1S/C7H18N2/c1-7(2,3)6(8)5-9-4/h6,9H,5,8H2,1-4H3/t6-/m1/s1. The molecule has 0 aliphatic heterocycles. The van der Waals surface area contributed by atoms with Crippen molar-refractivity contribution in [3.05, 3.63) is 0 Å². The van der Waals surface area contributed by atoms with Crippen LogP contribution in [0.4, 0.5) is 0 Å². The molecule has 0 bridgehead atoms. The SMILES string of the molecule is CNC[C@@H](N)C(C)(C)C. The van der Waals surface area contributed by atoms with Gasteiger partial charge in [-0.25, -0.2) is 0 Å². The van der Waals surface area contributed by atoms with Crippen molar-refractivity contribution >= 4 is 0 Å². The van der Waals surface area contributed by atoms with Crippen molar-refractivity contribution in [2.75, 3.05) is 13.6 Å². The first kappa shape index (κ1) is 8.92. The summed E-state index contributed by atoms with van der Waals surface area (Å²) in [5.74, 6) is 0. The number of rotatable bonds is 2. The van der Waals surface area contributed by atoms with Crippen molar-refractivity contribution in [3.63, 3.8) is 0 Å². The summed E-state index contributed by atoms with van der Waals surface area (Å²) in [4.78, 5) is 0. The number of nitrogens with two attached hydrogens (primary N) is 1. The van der Waals surface area contributed by atoms with Gasteiger partial charge in [-0.05, 0) is 12.5 Å². The van der Waals surface area contributed by atoms with Gasteiger partial charge in [-0.15, -0.1) is 0 Å². The van der Waals surface area contributed by atoms with E-state index in [1.54, 1.807) is 0 Å². The van der Waals surface area contributed by atoms with Crippen molar-refractivity contribution in [2.45, 2.75) is 26.8 Å². The molecule has 0 rings (SSSR count). The summed E-state index contributed by atoms with van der Waals surface area (Å²) in [7, 11) is 1.92. The molecule has 0 radical (unpaired) electrons. The van der Waals surface area contributed by atoms with Crippen LogP contribution in [0, 0.1) is 5.41 Å². The molecule has 0 aromatic rings. The lowest BCUT2D eigenvalue weighted by atomic mass is 9.87. The van der Waals surface area contributed by atoms with Gasteiger partial charge in [0.1, 0.15) is 0 Å². The highest BCUT2D eigenvalue weighted by Gasteiger charge is 2.18. The lowest BCUT2D eigenvalue weighted by molar-refractivity contribution is 0.314. The van der Waals surface area contributed by atoms with Crippen molar-refractivity contribution in [2.24, 2.45) is 11.1 Å². The summed E-state index contributed by atoms with van der Waals surface area (Å²) >= 11 is 0. The zero-order valence-electron chi connectivity index (χ0n) is 6.86. The maximum atomic E-state index is 5.80. The van der Waals surface area contributed by atoms with E-state index < -0.39 is 0 Å². The van der Waals surface area contributed by atoms with Gasteiger partial charge >= 0.3 is 0 Å². The lowest BCUT2D eigenvalue weighted by Crippen LogP contribution is -2.42. The van der Waals surface area contributed by atoms with Crippen LogP contribution in [0.25, 0.3) is 0 Å². The fourth-order valence-electron chi connectivity index (χ4n) is 0.526. The Balaban J connectivity index is 3.59. The summed E-state index contributed by atoms with van der Waals surface area (Å²) in [6.45, 7) is 7.34. The van der Waals surface area contributed by atoms with E-state index in [2.05, 4.69) is 26.1 Å². The maximum absolute atomic E-state index is 5.80. The second kappa shape index (κ2) is 3.18. The smallest absolute Gasteiger partial charge is 0.0214 e. The molecule has 9 heavy (non-hydrogen) atoms. The minimum absolute atomic E-state index is 0.225. The van der Waals surface area contributed by atoms with Gasteiger partial charge in [-0.1, -0.05) is 20.8 Å². The summed E-state index contributed by atoms with van der Waals surface area (Å²) in [5.41, 5.74) is 6.02. The Labute approximate surface area is 57.8 Å². The highest BCUT2D eigenvalue weighted by atomic mass is 14.9. The lowest BCUT2D eigenvalue weighted by Gasteiger charge is -2.26. The van der Waals surface area contributed by atoms with Crippen LogP contribution in [0.15, 0.2) is 0 Å². The molecule has 0 aromatic carbocycles. The molecule has 3 N–H and O–H groups in total. The average Bonchev–Trinajstić information content (AvgIpc) is 1.64. The van der Waals surface area contributed by atoms with E-state index in [0.29, 0.717) is 0 Å². The van der Waals surface area contributed by atoms with E-state index in [-0.39, 0.29) is 11.5 Å². The quantitative estimate of drug-likeness (QED) is 0.574.